The molecule has 0 atom stereocenters. The van der Waals surface area contributed by atoms with Crippen molar-refractivity contribution in [3.05, 3.63) is 0 Å². The minimum atomic E-state index is -0.655. The van der Waals surface area contributed by atoms with E-state index < -0.39 is 11.9 Å². The zero-order valence-electron chi connectivity index (χ0n) is 25.9. The number of unbranched alkanes of at least 4 members (excludes halogenated alkanes) is 26. The predicted octanol–water partition coefficient (Wildman–Crippen LogP) is 10.1. The Bertz CT molecular complexity index is 475. The molecule has 0 aliphatic carbocycles. The Hall–Kier alpha value is 1.46. The van der Waals surface area contributed by atoms with Gasteiger partial charge in [0, 0.05) is 12.8 Å². The third-order valence-electron chi connectivity index (χ3n) is 7.49. The summed E-state index contributed by atoms with van der Waals surface area (Å²) in [4.78, 5) is 20.6. The molecule has 0 aliphatic rings. The molecule has 40 heavy (non-hydrogen) atoms. The normalized spacial score (nSPS) is 10.2. The summed E-state index contributed by atoms with van der Waals surface area (Å²) in [6.45, 7) is 4.53. The van der Waals surface area contributed by atoms with E-state index in [1.807, 2.05) is 0 Å². The molecule has 2 N–H and O–H groups in total. The number of carbonyl (C=O) groups is 2. The standard InChI is InChI=1S/C18H36O2.C16H32O2.2Ca.4H/c1-2-3-4-5-6-7-8-9-10-11-12-13-14-15-16-17-18(19)20;1-2-3-4-5-6-7-8-9-10-11-12-13-14-15-16(17)18;;;;;;/h2-17H2,1H3,(H,19,20);2-15H2,1H3,(H,17,18);;;;;;. The van der Waals surface area contributed by atoms with Crippen LogP contribution in [0.2, 0.25) is 0 Å². The van der Waals surface area contributed by atoms with Crippen molar-refractivity contribution in [1.82, 2.24) is 0 Å². The molecule has 0 rings (SSSR count). The van der Waals surface area contributed by atoms with E-state index in [0.29, 0.717) is 12.8 Å². The van der Waals surface area contributed by atoms with E-state index in [9.17, 15) is 9.59 Å². The van der Waals surface area contributed by atoms with Gasteiger partial charge in [0.2, 0.25) is 0 Å². The fraction of sp³-hybridized carbons (Fsp3) is 0.941. The van der Waals surface area contributed by atoms with E-state index >= 15 is 0 Å². The molecular weight excluding hydrogens is 553 g/mol. The van der Waals surface area contributed by atoms with E-state index in [1.54, 1.807) is 0 Å². The molecule has 0 aromatic carbocycles. The van der Waals surface area contributed by atoms with Gasteiger partial charge in [0.05, 0.1) is 0 Å². The predicted molar refractivity (Wildman–Crippen MR) is 182 cm³/mol. The quantitative estimate of drug-likeness (QED) is 0.0616. The molecule has 236 valence electrons. The number of hydrogen-bond donors (Lipinski definition) is 2. The molecule has 0 aromatic heterocycles. The van der Waals surface area contributed by atoms with Gasteiger partial charge in [0.15, 0.2) is 0 Å². The summed E-state index contributed by atoms with van der Waals surface area (Å²) in [6, 6.07) is 0. The van der Waals surface area contributed by atoms with E-state index in [-0.39, 0.29) is 75.5 Å². The van der Waals surface area contributed by atoms with Gasteiger partial charge in [0.25, 0.3) is 0 Å². The molecule has 0 fully saturated rings. The summed E-state index contributed by atoms with van der Waals surface area (Å²) in [7, 11) is 0. The molecular formula is C34H72Ca2O4. The van der Waals surface area contributed by atoms with Gasteiger partial charge in [-0.25, -0.2) is 0 Å². The Kier molecular flexibility index (Phi) is 54.3. The number of carboxylic acids is 2. The third-order valence-corrected chi connectivity index (χ3v) is 7.49. The van der Waals surface area contributed by atoms with Crippen molar-refractivity contribution in [3.63, 3.8) is 0 Å². The van der Waals surface area contributed by atoms with E-state index in [4.69, 9.17) is 10.2 Å². The molecule has 0 amide bonds. The van der Waals surface area contributed by atoms with Crippen molar-refractivity contribution in [2.75, 3.05) is 0 Å². The third kappa shape index (κ3) is 52.1. The Morgan fingerprint density at radius 2 is 0.475 bits per heavy atom. The fourth-order valence-electron chi connectivity index (χ4n) is 4.94. The molecule has 0 bridgehead atoms. The van der Waals surface area contributed by atoms with Crippen LogP contribution in [0.5, 0.6) is 0 Å². The maximum absolute atomic E-state index is 10.3. The zero-order chi connectivity index (χ0) is 28.4. The monoisotopic (exact) mass is 624 g/mol. The average Bonchev–Trinajstić information content (AvgIpc) is 2.89. The summed E-state index contributed by atoms with van der Waals surface area (Å²) >= 11 is 0. The Morgan fingerprint density at radius 3 is 0.625 bits per heavy atom. The summed E-state index contributed by atoms with van der Waals surface area (Å²) in [5.74, 6) is -1.31. The van der Waals surface area contributed by atoms with Crippen LogP contribution < -0.4 is 0 Å². The molecule has 0 saturated heterocycles. The zero-order valence-corrected chi connectivity index (χ0v) is 25.9. The van der Waals surface area contributed by atoms with Crippen molar-refractivity contribution >= 4 is 87.4 Å². The Balaban J connectivity index is -0.000000310. The summed E-state index contributed by atoms with van der Waals surface area (Å²) in [5, 5.41) is 17.0. The molecule has 0 radical (unpaired) electrons. The van der Waals surface area contributed by atoms with Crippen LogP contribution in [0.25, 0.3) is 0 Å². The van der Waals surface area contributed by atoms with Gasteiger partial charge in [-0.2, -0.15) is 0 Å². The second-order valence-corrected chi connectivity index (χ2v) is 11.5. The van der Waals surface area contributed by atoms with Crippen molar-refractivity contribution in [2.24, 2.45) is 0 Å². The van der Waals surface area contributed by atoms with Crippen LogP contribution in [0.3, 0.4) is 0 Å². The van der Waals surface area contributed by atoms with Crippen molar-refractivity contribution in [2.45, 2.75) is 206 Å². The first-order valence-corrected chi connectivity index (χ1v) is 17.0. The molecule has 4 nitrogen and oxygen atoms in total. The molecule has 0 aromatic rings. The fourth-order valence-corrected chi connectivity index (χ4v) is 4.94. The molecule has 0 spiro atoms. The van der Waals surface area contributed by atoms with Gasteiger partial charge < -0.3 is 10.2 Å². The molecule has 0 aliphatic heterocycles. The summed E-state index contributed by atoms with van der Waals surface area (Å²) in [6.07, 6.45) is 37.5. The molecule has 6 heteroatoms. The second kappa shape index (κ2) is 44.9. The van der Waals surface area contributed by atoms with Crippen LogP contribution in [0.4, 0.5) is 0 Å². The second-order valence-electron chi connectivity index (χ2n) is 11.5. The maximum atomic E-state index is 10.3. The van der Waals surface area contributed by atoms with Crippen LogP contribution in [-0.4, -0.2) is 97.6 Å². The summed E-state index contributed by atoms with van der Waals surface area (Å²) in [5.41, 5.74) is 0. The topological polar surface area (TPSA) is 74.6 Å². The molecule has 0 unspecified atom stereocenters. The Labute approximate surface area is 310 Å². The van der Waals surface area contributed by atoms with Gasteiger partial charge in [-0.05, 0) is 12.8 Å². The first-order chi connectivity index (χ1) is 18.5. The van der Waals surface area contributed by atoms with Gasteiger partial charge in [-0.15, -0.1) is 0 Å². The van der Waals surface area contributed by atoms with Crippen molar-refractivity contribution in [3.8, 4) is 0 Å². The van der Waals surface area contributed by atoms with Crippen molar-refractivity contribution < 1.29 is 19.8 Å². The van der Waals surface area contributed by atoms with Crippen LogP contribution in [0, 0.1) is 0 Å². The molecule has 0 saturated carbocycles. The van der Waals surface area contributed by atoms with Gasteiger partial charge in [-0.3, -0.25) is 9.59 Å². The van der Waals surface area contributed by atoms with Crippen LogP contribution in [0.1, 0.15) is 206 Å². The SMILES string of the molecule is CCCCCCCCCCCCCCCC(=O)O.CCCCCCCCCCCCCCCCCC(=O)O.[CaH2].[CaH2]. The number of carboxylic acid groups (broad SMARTS) is 2. The first kappa shape index (κ1) is 48.4. The van der Waals surface area contributed by atoms with Crippen molar-refractivity contribution in [1.29, 1.82) is 0 Å². The Morgan fingerprint density at radius 1 is 0.325 bits per heavy atom. The first-order valence-electron chi connectivity index (χ1n) is 17.0. The summed E-state index contributed by atoms with van der Waals surface area (Å²) < 4.78 is 0. The average molecular weight is 625 g/mol. The van der Waals surface area contributed by atoms with Gasteiger partial charge >= 0.3 is 87.4 Å². The van der Waals surface area contributed by atoms with Gasteiger partial charge in [-0.1, -0.05) is 181 Å². The molecule has 0 heterocycles. The van der Waals surface area contributed by atoms with Crippen LogP contribution >= 0.6 is 0 Å². The van der Waals surface area contributed by atoms with Crippen LogP contribution in [0.15, 0.2) is 0 Å². The number of rotatable bonds is 30. The minimum absolute atomic E-state index is 0. The van der Waals surface area contributed by atoms with E-state index in [1.165, 1.54) is 154 Å². The van der Waals surface area contributed by atoms with E-state index in [0.717, 1.165) is 25.7 Å². The number of aliphatic carboxylic acids is 2. The van der Waals surface area contributed by atoms with E-state index in [2.05, 4.69) is 13.8 Å². The van der Waals surface area contributed by atoms with Gasteiger partial charge in [0.1, 0.15) is 0 Å². The van der Waals surface area contributed by atoms with Crippen LogP contribution in [-0.2, 0) is 9.59 Å². The number of hydrogen-bond acceptors (Lipinski definition) is 2.